The van der Waals surface area contributed by atoms with E-state index in [1.165, 1.54) is 4.90 Å². The average Bonchev–Trinajstić information content (AvgIpc) is 3.04. The zero-order chi connectivity index (χ0) is 22.0. The fraction of sp³-hybridized carbons (Fsp3) is 0.375. The van der Waals surface area contributed by atoms with Gasteiger partial charge in [-0.1, -0.05) is 13.0 Å². The second-order valence-electron chi connectivity index (χ2n) is 8.04. The van der Waals surface area contributed by atoms with Gasteiger partial charge in [0.15, 0.2) is 11.5 Å². The molecular weight excluding hydrogens is 394 g/mol. The molecule has 0 bridgehead atoms. The van der Waals surface area contributed by atoms with Crippen molar-refractivity contribution in [1.29, 1.82) is 0 Å². The molecular formula is C24H27N3O4. The SMILES string of the molecule is COc1ccc(C2=C(N3CCCC(C)C3)C(=O)N(Cc3ccncc3)C2=O)cc1OC. The van der Waals surface area contributed by atoms with E-state index in [0.29, 0.717) is 34.3 Å². The van der Waals surface area contributed by atoms with Crippen LogP contribution in [0.3, 0.4) is 0 Å². The number of piperidine rings is 1. The molecule has 7 nitrogen and oxygen atoms in total. The standard InChI is InChI=1S/C24H27N3O4/c1-16-5-4-12-26(14-16)22-21(18-6-7-19(30-2)20(13-18)31-3)23(28)27(24(22)29)15-17-8-10-25-11-9-17/h6-11,13,16H,4-5,12,14-15H2,1-3H3. The Hall–Kier alpha value is -3.35. The van der Waals surface area contributed by atoms with Crippen LogP contribution in [0.2, 0.25) is 0 Å². The number of ether oxygens (including phenoxy) is 2. The third kappa shape index (κ3) is 4.00. The second kappa shape index (κ2) is 8.79. The fourth-order valence-corrected chi connectivity index (χ4v) is 4.32. The van der Waals surface area contributed by atoms with Gasteiger partial charge < -0.3 is 14.4 Å². The van der Waals surface area contributed by atoms with Crippen molar-refractivity contribution in [1.82, 2.24) is 14.8 Å². The maximum Gasteiger partial charge on any atom is 0.278 e. The molecule has 1 unspecified atom stereocenters. The summed E-state index contributed by atoms with van der Waals surface area (Å²) >= 11 is 0. The summed E-state index contributed by atoms with van der Waals surface area (Å²) in [6.45, 7) is 3.91. The van der Waals surface area contributed by atoms with Gasteiger partial charge in [0.05, 0.1) is 26.3 Å². The highest BCUT2D eigenvalue weighted by Gasteiger charge is 2.42. The van der Waals surface area contributed by atoms with Gasteiger partial charge in [-0.3, -0.25) is 19.5 Å². The molecule has 1 saturated heterocycles. The second-order valence-corrected chi connectivity index (χ2v) is 8.04. The van der Waals surface area contributed by atoms with E-state index in [1.54, 1.807) is 38.7 Å². The van der Waals surface area contributed by atoms with Gasteiger partial charge in [-0.25, -0.2) is 0 Å². The number of carbonyl (C=O) groups excluding carboxylic acids is 2. The number of nitrogens with zero attached hydrogens (tertiary/aromatic N) is 3. The van der Waals surface area contributed by atoms with E-state index < -0.39 is 0 Å². The highest BCUT2D eigenvalue weighted by Crippen LogP contribution is 2.38. The van der Waals surface area contributed by atoms with Crippen molar-refractivity contribution >= 4 is 17.4 Å². The Bertz CT molecular complexity index is 1020. The van der Waals surface area contributed by atoms with Crippen LogP contribution >= 0.6 is 0 Å². The number of aromatic nitrogens is 1. The molecule has 1 fully saturated rings. The van der Waals surface area contributed by atoms with Crippen LogP contribution in [0.15, 0.2) is 48.4 Å². The number of rotatable bonds is 6. The van der Waals surface area contributed by atoms with Gasteiger partial charge in [0.2, 0.25) is 0 Å². The first kappa shape index (κ1) is 20.9. The summed E-state index contributed by atoms with van der Waals surface area (Å²) in [5.74, 6) is 1.02. The first-order valence-electron chi connectivity index (χ1n) is 10.5. The smallest absolute Gasteiger partial charge is 0.278 e. The molecule has 2 aromatic rings. The number of carbonyl (C=O) groups is 2. The van der Waals surface area contributed by atoms with Crippen molar-refractivity contribution in [2.24, 2.45) is 5.92 Å². The number of methoxy groups -OCH3 is 2. The number of likely N-dealkylation sites (tertiary alicyclic amines) is 1. The molecule has 1 atom stereocenters. The van der Waals surface area contributed by atoms with Gasteiger partial charge in [0.25, 0.3) is 11.8 Å². The van der Waals surface area contributed by atoms with Crippen molar-refractivity contribution in [3.63, 3.8) is 0 Å². The predicted molar refractivity (Wildman–Crippen MR) is 116 cm³/mol. The molecule has 0 spiro atoms. The number of imide groups is 1. The van der Waals surface area contributed by atoms with Crippen LogP contribution in [0.5, 0.6) is 11.5 Å². The minimum Gasteiger partial charge on any atom is -0.493 e. The number of hydrogen-bond acceptors (Lipinski definition) is 6. The number of benzene rings is 1. The molecule has 3 heterocycles. The Morgan fingerprint density at radius 1 is 1.03 bits per heavy atom. The van der Waals surface area contributed by atoms with E-state index in [9.17, 15) is 9.59 Å². The molecule has 1 aromatic heterocycles. The number of hydrogen-bond donors (Lipinski definition) is 0. The zero-order valence-corrected chi connectivity index (χ0v) is 18.1. The molecule has 1 aromatic carbocycles. The van der Waals surface area contributed by atoms with E-state index in [-0.39, 0.29) is 18.4 Å². The summed E-state index contributed by atoms with van der Waals surface area (Å²) in [6.07, 6.45) is 5.45. The third-order valence-corrected chi connectivity index (χ3v) is 5.88. The lowest BCUT2D eigenvalue weighted by molar-refractivity contribution is -0.138. The molecule has 7 heteroatoms. The van der Waals surface area contributed by atoms with E-state index in [4.69, 9.17) is 9.47 Å². The van der Waals surface area contributed by atoms with E-state index in [1.807, 2.05) is 18.2 Å². The molecule has 4 rings (SSSR count). The topological polar surface area (TPSA) is 72.0 Å². The van der Waals surface area contributed by atoms with Gasteiger partial charge >= 0.3 is 0 Å². The fourth-order valence-electron chi connectivity index (χ4n) is 4.32. The number of pyridine rings is 1. The van der Waals surface area contributed by atoms with E-state index in [2.05, 4.69) is 16.8 Å². The first-order chi connectivity index (χ1) is 15.0. The third-order valence-electron chi connectivity index (χ3n) is 5.88. The van der Waals surface area contributed by atoms with Gasteiger partial charge in [-0.05, 0) is 54.2 Å². The monoisotopic (exact) mass is 421 g/mol. The highest BCUT2D eigenvalue weighted by molar-refractivity contribution is 6.35. The maximum atomic E-state index is 13.5. The van der Waals surface area contributed by atoms with Gasteiger partial charge in [-0.15, -0.1) is 0 Å². The van der Waals surface area contributed by atoms with E-state index in [0.717, 1.165) is 31.5 Å². The Labute approximate surface area is 182 Å². The minimum atomic E-state index is -0.290. The summed E-state index contributed by atoms with van der Waals surface area (Å²) < 4.78 is 10.8. The number of amides is 2. The van der Waals surface area contributed by atoms with Gasteiger partial charge in [-0.2, -0.15) is 0 Å². The summed E-state index contributed by atoms with van der Waals surface area (Å²) in [4.78, 5) is 34.5. The molecule has 2 amide bonds. The largest absolute Gasteiger partial charge is 0.493 e. The maximum absolute atomic E-state index is 13.5. The molecule has 31 heavy (non-hydrogen) atoms. The van der Waals surface area contributed by atoms with Crippen LogP contribution in [0.1, 0.15) is 30.9 Å². The van der Waals surface area contributed by atoms with Crippen LogP contribution in [0.25, 0.3) is 5.57 Å². The van der Waals surface area contributed by atoms with Crippen molar-refractivity contribution in [3.8, 4) is 11.5 Å². The Morgan fingerprint density at radius 2 is 1.77 bits per heavy atom. The quantitative estimate of drug-likeness (QED) is 0.668. The molecule has 162 valence electrons. The highest BCUT2D eigenvalue weighted by atomic mass is 16.5. The summed E-state index contributed by atoms with van der Waals surface area (Å²) in [6, 6.07) is 8.98. The molecule has 0 radical (unpaired) electrons. The van der Waals surface area contributed by atoms with Crippen LogP contribution < -0.4 is 9.47 Å². The molecule has 2 aliphatic heterocycles. The van der Waals surface area contributed by atoms with E-state index >= 15 is 0 Å². The normalized spacial score (nSPS) is 19.3. The molecule has 0 saturated carbocycles. The zero-order valence-electron chi connectivity index (χ0n) is 18.1. The van der Waals surface area contributed by atoms with Gasteiger partial charge in [0.1, 0.15) is 5.70 Å². The Kier molecular flexibility index (Phi) is 5.93. The lowest BCUT2D eigenvalue weighted by atomic mass is 9.97. The van der Waals surface area contributed by atoms with Crippen molar-refractivity contribution in [2.75, 3.05) is 27.3 Å². The van der Waals surface area contributed by atoms with Crippen molar-refractivity contribution in [3.05, 3.63) is 59.5 Å². The summed E-state index contributed by atoms with van der Waals surface area (Å²) in [5.41, 5.74) is 2.42. The van der Waals surface area contributed by atoms with Crippen LogP contribution in [-0.2, 0) is 16.1 Å². The Balaban J connectivity index is 1.78. The van der Waals surface area contributed by atoms with Crippen LogP contribution in [0, 0.1) is 5.92 Å². The average molecular weight is 421 g/mol. The Morgan fingerprint density at radius 3 is 2.45 bits per heavy atom. The minimum absolute atomic E-state index is 0.212. The summed E-state index contributed by atoms with van der Waals surface area (Å²) in [5, 5.41) is 0. The molecule has 2 aliphatic rings. The lowest BCUT2D eigenvalue weighted by Gasteiger charge is -2.33. The lowest BCUT2D eigenvalue weighted by Crippen LogP contribution is -2.39. The van der Waals surface area contributed by atoms with Crippen LogP contribution in [-0.4, -0.2) is 53.9 Å². The predicted octanol–water partition coefficient (Wildman–Crippen LogP) is 3.11. The van der Waals surface area contributed by atoms with Crippen LogP contribution in [0.4, 0.5) is 0 Å². The molecule has 0 N–H and O–H groups in total. The molecule has 0 aliphatic carbocycles. The van der Waals surface area contributed by atoms with Gasteiger partial charge in [0, 0.05) is 25.5 Å². The van der Waals surface area contributed by atoms with Crippen molar-refractivity contribution in [2.45, 2.75) is 26.3 Å². The summed E-state index contributed by atoms with van der Waals surface area (Å²) in [7, 11) is 3.12. The van der Waals surface area contributed by atoms with Crippen molar-refractivity contribution < 1.29 is 19.1 Å². The first-order valence-corrected chi connectivity index (χ1v) is 10.5.